The molecule has 0 aliphatic carbocycles. The number of rotatable bonds is 3. The van der Waals surface area contributed by atoms with Gasteiger partial charge in [0.2, 0.25) is 0 Å². The van der Waals surface area contributed by atoms with Crippen LogP contribution in [0.1, 0.15) is 10.9 Å². The molecule has 0 heterocycles. The Morgan fingerprint density at radius 1 is 1.36 bits per heavy atom. The molecule has 0 fully saturated rings. The maximum Gasteiger partial charge on any atom is 0.258 e. The van der Waals surface area contributed by atoms with Crippen LogP contribution in [0, 0.1) is 0 Å². The summed E-state index contributed by atoms with van der Waals surface area (Å²) in [7, 11) is 1.47. The first kappa shape index (κ1) is 11.5. The zero-order valence-corrected chi connectivity index (χ0v) is 8.82. The van der Waals surface area contributed by atoms with E-state index >= 15 is 0 Å². The van der Waals surface area contributed by atoms with Gasteiger partial charge in [-0.3, -0.25) is 0 Å². The Kier molecular flexibility index (Phi) is 3.96. The fourth-order valence-corrected chi connectivity index (χ4v) is 1.53. The van der Waals surface area contributed by atoms with E-state index in [1.54, 1.807) is 6.07 Å². The SMILES string of the molecule is COc1ccc(C(Cl)C(F)F)c(Cl)c1. The van der Waals surface area contributed by atoms with Gasteiger partial charge in [0.15, 0.2) is 0 Å². The molecule has 1 aromatic carbocycles. The summed E-state index contributed by atoms with van der Waals surface area (Å²) in [6.07, 6.45) is -2.64. The molecule has 1 nitrogen and oxygen atoms in total. The van der Waals surface area contributed by atoms with Crippen LogP contribution >= 0.6 is 23.2 Å². The number of ether oxygens (including phenoxy) is 1. The van der Waals surface area contributed by atoms with Gasteiger partial charge in [0.1, 0.15) is 11.1 Å². The smallest absolute Gasteiger partial charge is 0.258 e. The van der Waals surface area contributed by atoms with E-state index in [-0.39, 0.29) is 10.6 Å². The second-order valence-electron chi connectivity index (χ2n) is 2.62. The van der Waals surface area contributed by atoms with Gasteiger partial charge < -0.3 is 4.74 Å². The van der Waals surface area contributed by atoms with Crippen molar-refractivity contribution in [3.05, 3.63) is 28.8 Å². The van der Waals surface area contributed by atoms with Crippen LogP contribution in [0.25, 0.3) is 0 Å². The van der Waals surface area contributed by atoms with Gasteiger partial charge in [-0.05, 0) is 17.7 Å². The summed E-state index contributed by atoms with van der Waals surface area (Å²) in [5.74, 6) is 0.511. The Balaban J connectivity index is 2.99. The highest BCUT2D eigenvalue weighted by molar-refractivity contribution is 6.33. The molecule has 0 aromatic heterocycles. The zero-order valence-electron chi connectivity index (χ0n) is 7.31. The first-order valence-corrected chi connectivity index (χ1v) is 4.63. The molecule has 0 spiro atoms. The van der Waals surface area contributed by atoms with Crippen molar-refractivity contribution in [1.82, 2.24) is 0 Å². The van der Waals surface area contributed by atoms with Crippen molar-refractivity contribution >= 4 is 23.2 Å². The highest BCUT2D eigenvalue weighted by Gasteiger charge is 2.21. The molecule has 0 N–H and O–H groups in total. The van der Waals surface area contributed by atoms with Gasteiger partial charge in [-0.15, -0.1) is 11.6 Å². The first-order valence-electron chi connectivity index (χ1n) is 3.82. The predicted octanol–water partition coefficient (Wildman–Crippen LogP) is 3.89. The summed E-state index contributed by atoms with van der Waals surface area (Å²) in [6, 6.07) is 4.43. The molecule has 1 aromatic rings. The Morgan fingerprint density at radius 3 is 2.43 bits per heavy atom. The van der Waals surface area contributed by atoms with E-state index in [1.165, 1.54) is 19.2 Å². The van der Waals surface area contributed by atoms with Gasteiger partial charge in [0.05, 0.1) is 7.11 Å². The lowest BCUT2D eigenvalue weighted by atomic mass is 10.1. The molecular weight excluding hydrogens is 233 g/mol. The van der Waals surface area contributed by atoms with E-state index in [0.29, 0.717) is 5.75 Å². The van der Waals surface area contributed by atoms with E-state index in [4.69, 9.17) is 27.9 Å². The van der Waals surface area contributed by atoms with Gasteiger partial charge in [-0.2, -0.15) is 0 Å². The summed E-state index contributed by atoms with van der Waals surface area (Å²) in [5.41, 5.74) is 0.212. The minimum atomic E-state index is -2.64. The first-order chi connectivity index (χ1) is 6.56. The fourth-order valence-electron chi connectivity index (χ4n) is 0.994. The third-order valence-corrected chi connectivity index (χ3v) is 2.48. The van der Waals surface area contributed by atoms with Gasteiger partial charge in [0, 0.05) is 5.02 Å². The van der Waals surface area contributed by atoms with Gasteiger partial charge in [0.25, 0.3) is 6.43 Å². The molecule has 0 aliphatic heterocycles. The molecule has 0 amide bonds. The number of hydrogen-bond acceptors (Lipinski definition) is 1. The van der Waals surface area contributed by atoms with Gasteiger partial charge in [-0.25, -0.2) is 8.78 Å². The van der Waals surface area contributed by atoms with Crippen molar-refractivity contribution in [3.63, 3.8) is 0 Å². The average Bonchev–Trinajstić information content (AvgIpc) is 2.16. The number of alkyl halides is 3. The highest BCUT2D eigenvalue weighted by Crippen LogP contribution is 2.34. The van der Waals surface area contributed by atoms with Crippen LogP contribution in [-0.4, -0.2) is 13.5 Å². The lowest BCUT2D eigenvalue weighted by molar-refractivity contribution is 0.143. The summed E-state index contributed by atoms with van der Waals surface area (Å²) >= 11 is 11.2. The van der Waals surface area contributed by atoms with E-state index < -0.39 is 11.8 Å². The maximum absolute atomic E-state index is 12.3. The van der Waals surface area contributed by atoms with Crippen LogP contribution in [0.4, 0.5) is 8.78 Å². The Bertz CT molecular complexity index is 318. The average molecular weight is 241 g/mol. The second kappa shape index (κ2) is 4.80. The Morgan fingerprint density at radius 2 is 2.00 bits per heavy atom. The minimum Gasteiger partial charge on any atom is -0.497 e. The van der Waals surface area contributed by atoms with Crippen molar-refractivity contribution < 1.29 is 13.5 Å². The predicted molar refractivity (Wildman–Crippen MR) is 52.6 cm³/mol. The van der Waals surface area contributed by atoms with Crippen molar-refractivity contribution in [2.24, 2.45) is 0 Å². The van der Waals surface area contributed by atoms with E-state index in [0.717, 1.165) is 0 Å². The lowest BCUT2D eigenvalue weighted by Gasteiger charge is -2.11. The Labute approximate surface area is 90.6 Å². The summed E-state index contributed by atoms with van der Waals surface area (Å²) in [5, 5.41) is -1.20. The van der Waals surface area contributed by atoms with E-state index in [1.807, 2.05) is 0 Å². The molecule has 1 atom stereocenters. The van der Waals surface area contributed by atoms with Crippen molar-refractivity contribution in [3.8, 4) is 5.75 Å². The third-order valence-electron chi connectivity index (χ3n) is 1.73. The van der Waals surface area contributed by atoms with Crippen molar-refractivity contribution in [2.75, 3.05) is 7.11 Å². The maximum atomic E-state index is 12.3. The normalized spacial score (nSPS) is 13.0. The molecule has 0 saturated carbocycles. The number of methoxy groups -OCH3 is 1. The molecule has 0 bridgehead atoms. The van der Waals surface area contributed by atoms with Crippen LogP contribution in [0.5, 0.6) is 5.75 Å². The standard InChI is InChI=1S/C9H8Cl2F2O/c1-14-5-2-3-6(7(10)4-5)8(11)9(12)13/h2-4,8-9H,1H3. The topological polar surface area (TPSA) is 9.23 Å². The number of benzene rings is 1. The van der Waals surface area contributed by atoms with E-state index in [2.05, 4.69) is 0 Å². The van der Waals surface area contributed by atoms with Crippen LogP contribution in [0.3, 0.4) is 0 Å². The monoisotopic (exact) mass is 240 g/mol. The van der Waals surface area contributed by atoms with Gasteiger partial charge >= 0.3 is 0 Å². The fraction of sp³-hybridized carbons (Fsp3) is 0.333. The lowest BCUT2D eigenvalue weighted by Crippen LogP contribution is -2.02. The van der Waals surface area contributed by atoms with Crippen LogP contribution < -0.4 is 4.74 Å². The molecule has 78 valence electrons. The van der Waals surface area contributed by atoms with Crippen molar-refractivity contribution in [1.29, 1.82) is 0 Å². The summed E-state index contributed by atoms with van der Waals surface area (Å²) in [4.78, 5) is 0. The number of halogens is 4. The largest absolute Gasteiger partial charge is 0.497 e. The molecule has 0 radical (unpaired) electrons. The summed E-state index contributed by atoms with van der Waals surface area (Å²) in [6.45, 7) is 0. The second-order valence-corrected chi connectivity index (χ2v) is 3.50. The molecule has 0 saturated heterocycles. The number of hydrogen-bond donors (Lipinski definition) is 0. The van der Waals surface area contributed by atoms with E-state index in [9.17, 15) is 8.78 Å². The third kappa shape index (κ3) is 2.49. The zero-order chi connectivity index (χ0) is 10.7. The van der Waals surface area contributed by atoms with Crippen LogP contribution in [0.2, 0.25) is 5.02 Å². The molecular formula is C9H8Cl2F2O. The van der Waals surface area contributed by atoms with Gasteiger partial charge in [-0.1, -0.05) is 17.7 Å². The van der Waals surface area contributed by atoms with Crippen LogP contribution in [0.15, 0.2) is 18.2 Å². The van der Waals surface area contributed by atoms with Crippen molar-refractivity contribution in [2.45, 2.75) is 11.8 Å². The minimum absolute atomic E-state index is 0.185. The summed E-state index contributed by atoms with van der Waals surface area (Å²) < 4.78 is 29.4. The quantitative estimate of drug-likeness (QED) is 0.729. The molecule has 5 heteroatoms. The molecule has 1 unspecified atom stereocenters. The molecule has 1 rings (SSSR count). The molecule has 0 aliphatic rings. The Hall–Kier alpha value is -0.540. The molecule has 14 heavy (non-hydrogen) atoms. The highest BCUT2D eigenvalue weighted by atomic mass is 35.5. The van der Waals surface area contributed by atoms with Crippen LogP contribution in [-0.2, 0) is 0 Å².